The highest BCUT2D eigenvalue weighted by atomic mass is 16.5. The molecule has 4 aliphatic rings. The van der Waals surface area contributed by atoms with Crippen LogP contribution in [0, 0.1) is 23.7 Å². The minimum Gasteiger partial charge on any atom is -0.465 e. The summed E-state index contributed by atoms with van der Waals surface area (Å²) in [7, 11) is 1.47. The summed E-state index contributed by atoms with van der Waals surface area (Å²) in [5.74, 6) is 3.58. The first kappa shape index (κ1) is 14.4. The third-order valence-electron chi connectivity index (χ3n) is 6.78. The van der Waals surface area contributed by atoms with Crippen LogP contribution in [0.15, 0.2) is 30.5 Å². The SMILES string of the molecule is COC(=O)c1cnc2ccccc2c1C1C2CC3CC(C2)CC1C3. The maximum absolute atomic E-state index is 12.5. The van der Waals surface area contributed by atoms with E-state index in [0.29, 0.717) is 11.5 Å². The number of carbonyl (C=O) groups is 1. The quantitative estimate of drug-likeness (QED) is 0.761. The van der Waals surface area contributed by atoms with Gasteiger partial charge in [-0.2, -0.15) is 0 Å². The molecule has 24 heavy (non-hydrogen) atoms. The Labute approximate surface area is 142 Å². The first-order chi connectivity index (χ1) is 11.7. The molecule has 0 N–H and O–H groups in total. The van der Waals surface area contributed by atoms with Crippen molar-refractivity contribution in [1.29, 1.82) is 0 Å². The molecule has 1 heterocycles. The van der Waals surface area contributed by atoms with E-state index in [2.05, 4.69) is 23.2 Å². The summed E-state index contributed by atoms with van der Waals surface area (Å²) in [5, 5.41) is 1.15. The second kappa shape index (κ2) is 5.30. The number of esters is 1. The van der Waals surface area contributed by atoms with Crippen molar-refractivity contribution in [1.82, 2.24) is 4.98 Å². The van der Waals surface area contributed by atoms with Crippen LogP contribution in [0.4, 0.5) is 0 Å². The molecule has 124 valence electrons. The summed E-state index contributed by atoms with van der Waals surface area (Å²) in [6.45, 7) is 0. The molecule has 3 nitrogen and oxygen atoms in total. The number of benzene rings is 1. The predicted molar refractivity (Wildman–Crippen MR) is 92.9 cm³/mol. The molecule has 0 atom stereocenters. The van der Waals surface area contributed by atoms with Crippen molar-refractivity contribution in [2.45, 2.75) is 38.0 Å². The van der Waals surface area contributed by atoms with E-state index in [1.165, 1.54) is 44.8 Å². The highest BCUT2D eigenvalue weighted by Crippen LogP contribution is 2.60. The number of nitrogens with zero attached hydrogens (tertiary/aromatic N) is 1. The van der Waals surface area contributed by atoms with Gasteiger partial charge in [0.05, 0.1) is 18.2 Å². The van der Waals surface area contributed by atoms with Gasteiger partial charge >= 0.3 is 5.97 Å². The van der Waals surface area contributed by atoms with Gasteiger partial charge in [-0.3, -0.25) is 4.98 Å². The van der Waals surface area contributed by atoms with Gasteiger partial charge in [-0.05, 0) is 73.3 Å². The Bertz CT molecular complexity index is 785. The number of hydrogen-bond acceptors (Lipinski definition) is 3. The Hall–Kier alpha value is -1.90. The van der Waals surface area contributed by atoms with Crippen molar-refractivity contribution in [3.05, 3.63) is 41.6 Å². The van der Waals surface area contributed by atoms with Gasteiger partial charge in [0.25, 0.3) is 0 Å². The van der Waals surface area contributed by atoms with E-state index in [0.717, 1.165) is 34.6 Å². The lowest BCUT2D eigenvalue weighted by molar-refractivity contribution is -0.00277. The molecule has 6 rings (SSSR count). The van der Waals surface area contributed by atoms with Crippen LogP contribution in [0.25, 0.3) is 10.9 Å². The minimum absolute atomic E-state index is 0.239. The summed E-state index contributed by atoms with van der Waals surface area (Å²) in [6, 6.07) is 8.27. The standard InChI is InChI=1S/C21H23NO2/c1-24-21(23)17-11-22-18-5-3-2-4-16(18)20(17)19-14-7-12-6-13(9-14)10-15(19)8-12/h2-5,11-15,19H,6-10H2,1H3. The van der Waals surface area contributed by atoms with Crippen molar-refractivity contribution in [3.63, 3.8) is 0 Å². The van der Waals surface area contributed by atoms with Crippen LogP contribution in [0.3, 0.4) is 0 Å². The number of fused-ring (bicyclic) bond motifs is 1. The summed E-state index contributed by atoms with van der Waals surface area (Å²) >= 11 is 0. The van der Waals surface area contributed by atoms with Crippen molar-refractivity contribution in [2.75, 3.05) is 7.11 Å². The summed E-state index contributed by atoms with van der Waals surface area (Å²) < 4.78 is 5.09. The van der Waals surface area contributed by atoms with Crippen molar-refractivity contribution in [3.8, 4) is 0 Å². The third kappa shape index (κ3) is 2.03. The summed E-state index contributed by atoms with van der Waals surface area (Å²) in [5.41, 5.74) is 2.91. The average Bonchev–Trinajstić information content (AvgIpc) is 2.60. The van der Waals surface area contributed by atoms with Gasteiger partial charge in [0.15, 0.2) is 0 Å². The lowest BCUT2D eigenvalue weighted by Crippen LogP contribution is -2.44. The molecule has 2 aromatic rings. The highest BCUT2D eigenvalue weighted by molar-refractivity contribution is 5.97. The molecule has 4 saturated carbocycles. The number of aromatic nitrogens is 1. The molecular formula is C21H23NO2. The second-order valence-electron chi connectivity index (χ2n) is 8.05. The third-order valence-corrected chi connectivity index (χ3v) is 6.78. The zero-order valence-electron chi connectivity index (χ0n) is 14.1. The number of para-hydroxylation sites is 1. The first-order valence-corrected chi connectivity index (χ1v) is 9.20. The summed E-state index contributed by atoms with van der Waals surface area (Å²) in [4.78, 5) is 17.0. The number of rotatable bonds is 2. The van der Waals surface area contributed by atoms with E-state index < -0.39 is 0 Å². The van der Waals surface area contributed by atoms with E-state index in [4.69, 9.17) is 4.74 Å². The van der Waals surface area contributed by atoms with Crippen molar-refractivity contribution in [2.24, 2.45) is 23.7 Å². The number of methoxy groups -OCH3 is 1. The molecule has 0 spiro atoms. The lowest BCUT2D eigenvalue weighted by atomic mass is 9.50. The van der Waals surface area contributed by atoms with Crippen LogP contribution in [0.1, 0.15) is 53.9 Å². The van der Waals surface area contributed by atoms with Crippen LogP contribution in [0.2, 0.25) is 0 Å². The van der Waals surface area contributed by atoms with Crippen LogP contribution in [-0.2, 0) is 4.74 Å². The fourth-order valence-corrected chi connectivity index (χ4v) is 6.19. The van der Waals surface area contributed by atoms with Gasteiger partial charge in [0.1, 0.15) is 0 Å². The first-order valence-electron chi connectivity index (χ1n) is 9.20. The van der Waals surface area contributed by atoms with E-state index in [-0.39, 0.29) is 5.97 Å². The van der Waals surface area contributed by atoms with Crippen LogP contribution >= 0.6 is 0 Å². The lowest BCUT2D eigenvalue weighted by Gasteiger charge is -2.55. The molecule has 4 fully saturated rings. The van der Waals surface area contributed by atoms with E-state index in [9.17, 15) is 4.79 Å². The topological polar surface area (TPSA) is 39.2 Å². The van der Waals surface area contributed by atoms with Gasteiger partial charge in [-0.25, -0.2) is 4.79 Å². The average molecular weight is 321 g/mol. The number of ether oxygens (including phenoxy) is 1. The maximum Gasteiger partial charge on any atom is 0.339 e. The van der Waals surface area contributed by atoms with Gasteiger partial charge in [-0.1, -0.05) is 18.2 Å². The molecule has 1 aromatic heterocycles. The molecule has 4 bridgehead atoms. The van der Waals surface area contributed by atoms with Gasteiger partial charge in [-0.15, -0.1) is 0 Å². The van der Waals surface area contributed by atoms with Crippen LogP contribution in [-0.4, -0.2) is 18.1 Å². The molecule has 0 saturated heterocycles. The zero-order chi connectivity index (χ0) is 16.3. The molecule has 0 amide bonds. The predicted octanol–water partition coefficient (Wildman–Crippen LogP) is 4.56. The van der Waals surface area contributed by atoms with E-state index >= 15 is 0 Å². The van der Waals surface area contributed by atoms with Crippen LogP contribution < -0.4 is 0 Å². The molecule has 0 radical (unpaired) electrons. The van der Waals surface area contributed by atoms with Crippen molar-refractivity contribution >= 4 is 16.9 Å². The van der Waals surface area contributed by atoms with Crippen molar-refractivity contribution < 1.29 is 9.53 Å². The fraction of sp³-hybridized carbons (Fsp3) is 0.524. The zero-order valence-corrected chi connectivity index (χ0v) is 14.1. The van der Waals surface area contributed by atoms with Gasteiger partial charge in [0.2, 0.25) is 0 Å². The van der Waals surface area contributed by atoms with Gasteiger partial charge in [0, 0.05) is 11.6 Å². The van der Waals surface area contributed by atoms with E-state index in [1.54, 1.807) is 6.20 Å². The monoisotopic (exact) mass is 321 g/mol. The Morgan fingerprint density at radius 2 is 1.71 bits per heavy atom. The second-order valence-corrected chi connectivity index (χ2v) is 8.05. The van der Waals surface area contributed by atoms with Crippen LogP contribution in [0.5, 0.6) is 0 Å². The number of carbonyl (C=O) groups excluding carboxylic acids is 1. The van der Waals surface area contributed by atoms with Gasteiger partial charge < -0.3 is 4.74 Å². The minimum atomic E-state index is -0.239. The highest BCUT2D eigenvalue weighted by Gasteiger charge is 2.49. The molecule has 0 unspecified atom stereocenters. The Kier molecular flexibility index (Phi) is 3.19. The van der Waals surface area contributed by atoms with E-state index in [1.807, 2.05) is 6.07 Å². The summed E-state index contributed by atoms with van der Waals surface area (Å²) in [6.07, 6.45) is 8.56. The smallest absolute Gasteiger partial charge is 0.339 e. The molecular weight excluding hydrogens is 298 g/mol. The largest absolute Gasteiger partial charge is 0.465 e. The maximum atomic E-state index is 12.5. The molecule has 0 aliphatic heterocycles. The molecule has 4 aliphatic carbocycles. The normalized spacial score (nSPS) is 33.8. The molecule has 1 aromatic carbocycles. The Morgan fingerprint density at radius 3 is 2.38 bits per heavy atom. The number of hydrogen-bond donors (Lipinski definition) is 0. The number of pyridine rings is 1. The fourth-order valence-electron chi connectivity index (χ4n) is 6.19. The Balaban J connectivity index is 1.71. The molecule has 3 heteroatoms. The Morgan fingerprint density at radius 1 is 1.04 bits per heavy atom.